The highest BCUT2D eigenvalue weighted by Gasteiger charge is 2.24. The van der Waals surface area contributed by atoms with Gasteiger partial charge < -0.3 is 29.4 Å². The number of para-hydroxylation sites is 1. The number of carbonyl (C=O) groups is 1. The van der Waals surface area contributed by atoms with Crippen molar-refractivity contribution >= 4 is 5.97 Å². The summed E-state index contributed by atoms with van der Waals surface area (Å²) in [6.07, 6.45) is 0.954. The van der Waals surface area contributed by atoms with Gasteiger partial charge in [-0.2, -0.15) is 0 Å². The van der Waals surface area contributed by atoms with Gasteiger partial charge in [0, 0.05) is 24.2 Å². The van der Waals surface area contributed by atoms with Crippen molar-refractivity contribution in [1.82, 2.24) is 10.3 Å². The molecule has 3 aromatic carbocycles. The fourth-order valence-corrected chi connectivity index (χ4v) is 4.27. The Hall–Kier alpha value is -4.14. The third-order valence-corrected chi connectivity index (χ3v) is 6.14. The number of aliphatic hydroxyl groups is 1. The van der Waals surface area contributed by atoms with Crippen molar-refractivity contribution in [3.05, 3.63) is 90.1 Å². The first-order chi connectivity index (χ1) is 18.1. The van der Waals surface area contributed by atoms with E-state index in [9.17, 15) is 15.0 Å². The van der Waals surface area contributed by atoms with Crippen LogP contribution in [-0.2, 0) is 6.42 Å². The molecule has 1 aliphatic heterocycles. The summed E-state index contributed by atoms with van der Waals surface area (Å²) in [5, 5.41) is 23.1. The third kappa shape index (κ3) is 5.99. The standard InChI is InChI=1S/C29H28N2O6/c32-22(18-35-23-9-5-2-6-10-23)16-30-17-24-13-11-20-15-21(12-14-25(20)36-24)28-31-26(29(33)34)27(37-28)19-7-3-1-4-8-19/h1-10,12,14-15,22,24,30,32H,11,13,16-18H2,(H,33,34)/t22-,24+/m0/s1. The number of carboxylic acids is 1. The number of benzene rings is 3. The van der Waals surface area contributed by atoms with E-state index in [0.717, 1.165) is 29.9 Å². The van der Waals surface area contributed by atoms with E-state index in [4.69, 9.17) is 13.9 Å². The third-order valence-electron chi connectivity index (χ3n) is 6.14. The number of fused-ring (bicyclic) bond motifs is 1. The number of aryl methyl sites for hydroxylation is 1. The summed E-state index contributed by atoms with van der Waals surface area (Å²) in [7, 11) is 0. The van der Waals surface area contributed by atoms with E-state index in [0.29, 0.717) is 24.2 Å². The maximum Gasteiger partial charge on any atom is 0.358 e. The Labute approximate surface area is 214 Å². The van der Waals surface area contributed by atoms with E-state index in [1.807, 2.05) is 66.7 Å². The molecule has 0 saturated carbocycles. The van der Waals surface area contributed by atoms with Crippen LogP contribution < -0.4 is 14.8 Å². The Balaban J connectivity index is 1.18. The molecule has 0 saturated heterocycles. The molecule has 2 heterocycles. The van der Waals surface area contributed by atoms with Gasteiger partial charge in [0.15, 0.2) is 11.5 Å². The number of carboxylic acid groups (broad SMARTS) is 1. The molecule has 190 valence electrons. The molecule has 0 spiro atoms. The number of aromatic nitrogens is 1. The minimum Gasteiger partial charge on any atom is -0.491 e. The lowest BCUT2D eigenvalue weighted by Gasteiger charge is -2.27. The van der Waals surface area contributed by atoms with Crippen molar-refractivity contribution in [3.63, 3.8) is 0 Å². The monoisotopic (exact) mass is 500 g/mol. The normalized spacial score (nSPS) is 15.4. The van der Waals surface area contributed by atoms with Crippen molar-refractivity contribution in [1.29, 1.82) is 0 Å². The summed E-state index contributed by atoms with van der Waals surface area (Å²) < 4.78 is 17.6. The van der Waals surface area contributed by atoms with E-state index in [1.165, 1.54) is 0 Å². The molecule has 1 aromatic heterocycles. The molecule has 1 aliphatic rings. The van der Waals surface area contributed by atoms with Gasteiger partial charge in [-0.3, -0.25) is 0 Å². The summed E-state index contributed by atoms with van der Waals surface area (Å²) in [4.78, 5) is 16.0. The van der Waals surface area contributed by atoms with Crippen molar-refractivity contribution < 1.29 is 28.9 Å². The van der Waals surface area contributed by atoms with Crippen molar-refractivity contribution in [3.8, 4) is 34.3 Å². The van der Waals surface area contributed by atoms with Crippen LogP contribution in [0.2, 0.25) is 0 Å². The maximum absolute atomic E-state index is 11.8. The number of hydrogen-bond donors (Lipinski definition) is 3. The van der Waals surface area contributed by atoms with Gasteiger partial charge in [-0.05, 0) is 48.7 Å². The van der Waals surface area contributed by atoms with E-state index in [-0.39, 0.29) is 30.1 Å². The van der Waals surface area contributed by atoms with Crippen molar-refractivity contribution in [2.24, 2.45) is 0 Å². The second-order valence-electron chi connectivity index (χ2n) is 8.91. The van der Waals surface area contributed by atoms with Crippen LogP contribution in [0.5, 0.6) is 11.5 Å². The summed E-state index contributed by atoms with van der Waals surface area (Å²) in [5.41, 5.74) is 2.26. The Morgan fingerprint density at radius 3 is 2.57 bits per heavy atom. The summed E-state index contributed by atoms with van der Waals surface area (Å²) >= 11 is 0. The molecule has 2 atom stereocenters. The Morgan fingerprint density at radius 2 is 1.81 bits per heavy atom. The van der Waals surface area contributed by atoms with Gasteiger partial charge in [0.1, 0.15) is 30.3 Å². The van der Waals surface area contributed by atoms with Gasteiger partial charge in [0.2, 0.25) is 5.89 Å². The predicted octanol–water partition coefficient (Wildman–Crippen LogP) is 4.43. The lowest BCUT2D eigenvalue weighted by Crippen LogP contribution is -2.39. The van der Waals surface area contributed by atoms with Crippen LogP contribution in [0.3, 0.4) is 0 Å². The number of aliphatic hydroxyl groups excluding tert-OH is 1. The molecule has 0 bridgehead atoms. The SMILES string of the molecule is O=C(O)c1nc(-c2ccc3c(c2)CC[C@H](CNC[C@H](O)COc2ccccc2)O3)oc1-c1ccccc1. The molecule has 8 heteroatoms. The minimum absolute atomic E-state index is 0.0226. The van der Waals surface area contributed by atoms with E-state index in [1.54, 1.807) is 12.1 Å². The van der Waals surface area contributed by atoms with Crippen LogP contribution in [0.4, 0.5) is 0 Å². The average Bonchev–Trinajstić information content (AvgIpc) is 3.39. The summed E-state index contributed by atoms with van der Waals surface area (Å²) in [5.74, 6) is 0.868. The number of oxazole rings is 1. The zero-order chi connectivity index (χ0) is 25.6. The predicted molar refractivity (Wildman–Crippen MR) is 138 cm³/mol. The highest BCUT2D eigenvalue weighted by atomic mass is 16.5. The molecule has 0 amide bonds. The molecule has 5 rings (SSSR count). The highest BCUT2D eigenvalue weighted by Crippen LogP contribution is 2.34. The van der Waals surface area contributed by atoms with Crippen LogP contribution in [0.25, 0.3) is 22.8 Å². The Bertz CT molecular complexity index is 1340. The van der Waals surface area contributed by atoms with Gasteiger partial charge in [-0.15, -0.1) is 0 Å². The van der Waals surface area contributed by atoms with E-state index >= 15 is 0 Å². The first-order valence-electron chi connectivity index (χ1n) is 12.2. The van der Waals surface area contributed by atoms with Gasteiger partial charge >= 0.3 is 5.97 Å². The molecule has 8 nitrogen and oxygen atoms in total. The number of hydrogen-bond acceptors (Lipinski definition) is 7. The zero-order valence-corrected chi connectivity index (χ0v) is 20.2. The van der Waals surface area contributed by atoms with Crippen LogP contribution in [-0.4, -0.2) is 53.1 Å². The van der Waals surface area contributed by atoms with Crippen LogP contribution in [0.1, 0.15) is 22.5 Å². The Kier molecular flexibility index (Phi) is 7.49. The zero-order valence-electron chi connectivity index (χ0n) is 20.2. The molecule has 3 N–H and O–H groups in total. The van der Waals surface area contributed by atoms with E-state index in [2.05, 4.69) is 10.3 Å². The van der Waals surface area contributed by atoms with Crippen LogP contribution in [0, 0.1) is 0 Å². The molecule has 0 unspecified atom stereocenters. The summed E-state index contributed by atoms with van der Waals surface area (Å²) in [6.45, 7) is 1.22. The molecule has 37 heavy (non-hydrogen) atoms. The van der Waals surface area contributed by atoms with Gasteiger partial charge in [0.05, 0.1) is 0 Å². The van der Waals surface area contributed by atoms with E-state index < -0.39 is 12.1 Å². The highest BCUT2D eigenvalue weighted by molar-refractivity contribution is 5.93. The largest absolute Gasteiger partial charge is 0.491 e. The van der Waals surface area contributed by atoms with Crippen molar-refractivity contribution in [2.45, 2.75) is 25.0 Å². The first kappa shape index (κ1) is 24.5. The lowest BCUT2D eigenvalue weighted by atomic mass is 10.00. The smallest absolute Gasteiger partial charge is 0.358 e. The summed E-state index contributed by atoms with van der Waals surface area (Å²) in [6, 6.07) is 24.1. The molecule has 0 aliphatic carbocycles. The minimum atomic E-state index is -1.14. The number of aromatic carboxylic acids is 1. The van der Waals surface area contributed by atoms with Gasteiger partial charge in [-0.25, -0.2) is 9.78 Å². The molecule has 4 aromatic rings. The molecule has 0 fully saturated rings. The second kappa shape index (κ2) is 11.3. The van der Waals surface area contributed by atoms with Crippen LogP contribution in [0.15, 0.2) is 83.3 Å². The molecule has 0 radical (unpaired) electrons. The van der Waals surface area contributed by atoms with Crippen LogP contribution >= 0.6 is 0 Å². The maximum atomic E-state index is 11.8. The van der Waals surface area contributed by atoms with Crippen molar-refractivity contribution in [2.75, 3.05) is 19.7 Å². The topological polar surface area (TPSA) is 114 Å². The fraction of sp³-hybridized carbons (Fsp3) is 0.241. The number of nitrogens with zero attached hydrogens (tertiary/aromatic N) is 1. The quantitative estimate of drug-likeness (QED) is 0.293. The number of nitrogens with one attached hydrogen (secondary N) is 1. The first-order valence-corrected chi connectivity index (χ1v) is 12.2. The van der Waals surface area contributed by atoms with Gasteiger partial charge in [-0.1, -0.05) is 48.5 Å². The number of rotatable bonds is 10. The fourth-order valence-electron chi connectivity index (χ4n) is 4.27. The molecular weight excluding hydrogens is 472 g/mol. The van der Waals surface area contributed by atoms with Gasteiger partial charge in [0.25, 0.3) is 0 Å². The number of ether oxygens (including phenoxy) is 2. The second-order valence-corrected chi connectivity index (χ2v) is 8.91. The lowest BCUT2D eigenvalue weighted by molar-refractivity contribution is 0.0691. The Morgan fingerprint density at radius 1 is 1.05 bits per heavy atom. The average molecular weight is 501 g/mol. The molecular formula is C29H28N2O6.